The highest BCUT2D eigenvalue weighted by atomic mass is 31.0. The molecule has 35 heavy (non-hydrogen) atoms. The third-order valence-electron chi connectivity index (χ3n) is 6.18. The van der Waals surface area contributed by atoms with Crippen LogP contribution in [0.1, 0.15) is 37.0 Å². The number of rotatable bonds is 6. The number of hydrogen-bond donors (Lipinski definition) is 1. The largest absolute Gasteiger partial charge is 0.496 e. The smallest absolute Gasteiger partial charge is 0.257 e. The van der Waals surface area contributed by atoms with Gasteiger partial charge in [-0.2, -0.15) is 0 Å². The molecule has 1 atom stereocenters. The van der Waals surface area contributed by atoms with Gasteiger partial charge >= 0.3 is 0 Å². The number of amides is 1. The number of carbonyl (C=O) groups is 1. The Labute approximate surface area is 207 Å². The number of imidazole rings is 1. The number of H-pyrrole nitrogens is 1. The second-order valence-electron chi connectivity index (χ2n) is 8.12. The highest BCUT2D eigenvalue weighted by Crippen LogP contribution is 2.33. The maximum absolute atomic E-state index is 12.6. The Morgan fingerprint density at radius 2 is 1.89 bits per heavy atom. The van der Waals surface area contributed by atoms with Crippen LogP contribution in [0.25, 0.3) is 21.9 Å². The fourth-order valence-corrected chi connectivity index (χ4v) is 4.52. The summed E-state index contributed by atoms with van der Waals surface area (Å²) in [6.45, 7) is 7.44. The molecule has 1 saturated heterocycles. The number of benzene rings is 2. The van der Waals surface area contributed by atoms with Crippen LogP contribution in [-0.2, 0) is 0 Å². The van der Waals surface area contributed by atoms with Gasteiger partial charge in [-0.15, -0.1) is 0 Å². The lowest BCUT2D eigenvalue weighted by molar-refractivity contribution is 0.0771. The van der Waals surface area contributed by atoms with Crippen LogP contribution in [-0.4, -0.2) is 64.0 Å². The summed E-state index contributed by atoms with van der Waals surface area (Å²) in [5.41, 5.74) is 2.27. The number of hydrogen-bond acceptors (Lipinski definition) is 7. The first-order valence-electron chi connectivity index (χ1n) is 11.8. The second-order valence-corrected chi connectivity index (χ2v) is 8.35. The normalized spacial score (nSPS) is 13.0. The minimum Gasteiger partial charge on any atom is -0.496 e. The lowest BCUT2D eigenvalue weighted by atomic mass is 10.0. The zero-order valence-corrected chi connectivity index (χ0v) is 21.5. The van der Waals surface area contributed by atoms with Gasteiger partial charge in [-0.3, -0.25) is 4.79 Å². The topological polar surface area (TPSA) is 96.5 Å². The van der Waals surface area contributed by atoms with E-state index in [9.17, 15) is 4.79 Å². The van der Waals surface area contributed by atoms with Gasteiger partial charge in [-0.05, 0) is 50.3 Å². The zero-order chi connectivity index (χ0) is 24.8. The zero-order valence-electron chi connectivity index (χ0n) is 20.3. The van der Waals surface area contributed by atoms with Crippen molar-refractivity contribution in [1.82, 2.24) is 24.8 Å². The number of nitrogens with one attached hydrogen (secondary N) is 1. The van der Waals surface area contributed by atoms with Crippen LogP contribution in [0.4, 0.5) is 5.82 Å². The van der Waals surface area contributed by atoms with E-state index in [1.807, 2.05) is 44.2 Å². The lowest BCUT2D eigenvalue weighted by Gasteiger charge is -2.20. The van der Waals surface area contributed by atoms with E-state index < -0.39 is 0 Å². The molecular formula is C25H31N6O3P. The van der Waals surface area contributed by atoms with E-state index >= 15 is 0 Å². The molecule has 1 fully saturated rings. The van der Waals surface area contributed by atoms with Gasteiger partial charge in [0.15, 0.2) is 11.5 Å². The van der Waals surface area contributed by atoms with E-state index in [4.69, 9.17) is 9.26 Å². The first-order valence-corrected chi connectivity index (χ1v) is 12.2. The molecule has 0 bridgehead atoms. The SMILES string of the molecule is CCN(CC)C(=O)c1cc2cccc(OC)c2cc1OP.c1nc(N2CCCC2)c2[nH]cnc2n1. The fraction of sp³-hybridized carbons (Fsp3) is 0.360. The van der Waals surface area contributed by atoms with Crippen molar-refractivity contribution in [1.29, 1.82) is 0 Å². The van der Waals surface area contributed by atoms with Gasteiger partial charge in [-0.25, -0.2) is 15.0 Å². The van der Waals surface area contributed by atoms with Crippen molar-refractivity contribution in [2.45, 2.75) is 26.7 Å². The molecule has 2 aromatic heterocycles. The number of aromatic amines is 1. The molecule has 5 rings (SSSR count). The second kappa shape index (κ2) is 11.3. The van der Waals surface area contributed by atoms with E-state index in [-0.39, 0.29) is 5.91 Å². The van der Waals surface area contributed by atoms with Crippen molar-refractivity contribution < 1.29 is 14.1 Å². The molecule has 2 aromatic carbocycles. The molecule has 1 N–H and O–H groups in total. The van der Waals surface area contributed by atoms with Crippen molar-refractivity contribution in [3.05, 3.63) is 48.5 Å². The van der Waals surface area contributed by atoms with Gasteiger partial charge in [-0.1, -0.05) is 12.1 Å². The van der Waals surface area contributed by atoms with Crippen molar-refractivity contribution in [2.24, 2.45) is 0 Å². The van der Waals surface area contributed by atoms with E-state index in [1.54, 1.807) is 24.7 Å². The predicted molar refractivity (Wildman–Crippen MR) is 141 cm³/mol. The van der Waals surface area contributed by atoms with E-state index in [2.05, 4.69) is 34.3 Å². The summed E-state index contributed by atoms with van der Waals surface area (Å²) in [5.74, 6) is 2.26. The minimum atomic E-state index is -0.0258. The van der Waals surface area contributed by atoms with Crippen LogP contribution < -0.4 is 14.2 Å². The predicted octanol–water partition coefficient (Wildman–Crippen LogP) is 4.45. The summed E-state index contributed by atoms with van der Waals surface area (Å²) in [7, 11) is 3.84. The molecule has 184 valence electrons. The quantitative estimate of drug-likeness (QED) is 0.396. The lowest BCUT2D eigenvalue weighted by Crippen LogP contribution is -2.30. The molecular weight excluding hydrogens is 463 g/mol. The highest BCUT2D eigenvalue weighted by molar-refractivity contribution is 7.10. The molecule has 1 unspecified atom stereocenters. The van der Waals surface area contributed by atoms with Crippen molar-refractivity contribution in [2.75, 3.05) is 38.2 Å². The monoisotopic (exact) mass is 494 g/mol. The number of anilines is 1. The Morgan fingerprint density at radius 3 is 2.57 bits per heavy atom. The van der Waals surface area contributed by atoms with E-state index in [0.717, 1.165) is 46.6 Å². The fourth-order valence-electron chi connectivity index (χ4n) is 4.32. The summed E-state index contributed by atoms with van der Waals surface area (Å²) < 4.78 is 10.7. The number of aromatic nitrogens is 4. The number of ether oxygens (including phenoxy) is 1. The van der Waals surface area contributed by atoms with Crippen LogP contribution in [0, 0.1) is 0 Å². The van der Waals surface area contributed by atoms with E-state index in [0.29, 0.717) is 24.4 Å². The standard InChI is InChI=1S/C16H20NO3P.C9H11N5/c1-4-17(5-2)16(18)13-9-11-7-6-8-14(19-3)12(11)10-15(13)20-21;1-2-4-14(3-1)9-7-8(11-5-10-7)12-6-13-9/h6-10H,4-5,21H2,1-3H3;5-6H,1-4H2,(H,10,11,12,13). The Kier molecular flexibility index (Phi) is 7.98. The average Bonchev–Trinajstić information content (AvgIpc) is 3.61. The Hall–Kier alpha value is -3.45. The summed E-state index contributed by atoms with van der Waals surface area (Å²) >= 11 is 0. The Bertz CT molecular complexity index is 1300. The van der Waals surface area contributed by atoms with Gasteiger partial charge in [0.1, 0.15) is 23.3 Å². The molecule has 1 amide bonds. The first-order chi connectivity index (χ1) is 17.1. The summed E-state index contributed by atoms with van der Waals surface area (Å²) in [4.78, 5) is 32.2. The number of nitrogens with zero attached hydrogens (tertiary/aromatic N) is 5. The third-order valence-corrected chi connectivity index (χ3v) is 6.43. The molecule has 0 saturated carbocycles. The molecule has 9 nitrogen and oxygen atoms in total. The van der Waals surface area contributed by atoms with E-state index in [1.165, 1.54) is 12.8 Å². The van der Waals surface area contributed by atoms with Crippen molar-refractivity contribution >= 4 is 43.1 Å². The third kappa shape index (κ3) is 5.15. The summed E-state index contributed by atoms with van der Waals surface area (Å²) in [6.07, 6.45) is 5.75. The maximum atomic E-state index is 12.6. The minimum absolute atomic E-state index is 0.0258. The molecule has 4 aromatic rings. The Morgan fingerprint density at radius 1 is 1.11 bits per heavy atom. The molecule has 1 aliphatic rings. The van der Waals surface area contributed by atoms with Gasteiger partial charge in [0, 0.05) is 31.6 Å². The molecule has 1 aliphatic heterocycles. The molecule has 3 heterocycles. The van der Waals surface area contributed by atoms with Crippen LogP contribution in [0.5, 0.6) is 11.5 Å². The number of methoxy groups -OCH3 is 1. The molecule has 0 spiro atoms. The van der Waals surface area contributed by atoms with Crippen molar-refractivity contribution in [3.63, 3.8) is 0 Å². The van der Waals surface area contributed by atoms with Crippen LogP contribution in [0.3, 0.4) is 0 Å². The number of fused-ring (bicyclic) bond motifs is 2. The average molecular weight is 495 g/mol. The molecule has 10 heteroatoms. The van der Waals surface area contributed by atoms with Gasteiger partial charge in [0.05, 0.1) is 28.5 Å². The van der Waals surface area contributed by atoms with Gasteiger partial charge in [0.2, 0.25) is 0 Å². The summed E-state index contributed by atoms with van der Waals surface area (Å²) in [6, 6.07) is 9.47. The molecule has 0 radical (unpaired) electrons. The van der Waals surface area contributed by atoms with Crippen LogP contribution in [0.15, 0.2) is 43.0 Å². The Balaban J connectivity index is 0.000000177. The van der Waals surface area contributed by atoms with Crippen LogP contribution in [0.2, 0.25) is 0 Å². The summed E-state index contributed by atoms with van der Waals surface area (Å²) in [5, 5.41) is 1.88. The van der Waals surface area contributed by atoms with Crippen molar-refractivity contribution in [3.8, 4) is 11.5 Å². The first kappa shape index (κ1) is 24.7. The van der Waals surface area contributed by atoms with Gasteiger partial charge in [0.25, 0.3) is 5.91 Å². The van der Waals surface area contributed by atoms with Gasteiger partial charge < -0.3 is 24.0 Å². The highest BCUT2D eigenvalue weighted by Gasteiger charge is 2.19. The molecule has 0 aliphatic carbocycles. The number of carbonyl (C=O) groups excluding carboxylic acids is 1. The maximum Gasteiger partial charge on any atom is 0.257 e. The van der Waals surface area contributed by atoms with Crippen LogP contribution >= 0.6 is 9.47 Å².